The maximum absolute atomic E-state index is 9.68. The summed E-state index contributed by atoms with van der Waals surface area (Å²) >= 11 is 0. The Morgan fingerprint density at radius 3 is 2.79 bits per heavy atom. The smallest absolute Gasteiger partial charge is 0.145 e. The van der Waals surface area contributed by atoms with Crippen LogP contribution in [0, 0.1) is 5.92 Å². The van der Waals surface area contributed by atoms with Crippen LogP contribution >= 0.6 is 0 Å². The van der Waals surface area contributed by atoms with Gasteiger partial charge in [-0.05, 0) is 26.2 Å². The number of aromatic nitrogens is 2. The topological polar surface area (TPSA) is 87.3 Å². The molecule has 1 saturated carbocycles. The summed E-state index contributed by atoms with van der Waals surface area (Å²) in [6, 6.07) is 1.89. The fourth-order valence-corrected chi connectivity index (χ4v) is 2.60. The molecule has 0 spiro atoms. The number of anilines is 2. The van der Waals surface area contributed by atoms with Crippen LogP contribution < -0.4 is 16.2 Å². The summed E-state index contributed by atoms with van der Waals surface area (Å²) in [6.45, 7) is 3.64. The highest BCUT2D eigenvalue weighted by Crippen LogP contribution is 2.39. The normalized spacial score (nSPS) is 24.6. The fourth-order valence-electron chi connectivity index (χ4n) is 2.60. The Labute approximate surface area is 113 Å². The van der Waals surface area contributed by atoms with Crippen LogP contribution in [-0.2, 0) is 0 Å². The van der Waals surface area contributed by atoms with Gasteiger partial charge >= 0.3 is 0 Å². The number of nitrogens with zero attached hydrogens (tertiary/aromatic N) is 3. The van der Waals surface area contributed by atoms with Crippen molar-refractivity contribution < 1.29 is 5.11 Å². The van der Waals surface area contributed by atoms with Crippen molar-refractivity contribution in [1.82, 2.24) is 9.97 Å². The second-order valence-corrected chi connectivity index (χ2v) is 5.62. The SMILES string of the molecule is CC(O)C1CCN(c2cc(NN)nc(C3CC3)n2)C1. The fraction of sp³-hybridized carbons (Fsp3) is 0.692. The lowest BCUT2D eigenvalue weighted by molar-refractivity contribution is 0.136. The van der Waals surface area contributed by atoms with Crippen LogP contribution in [0.2, 0.25) is 0 Å². The zero-order valence-corrected chi connectivity index (χ0v) is 11.2. The van der Waals surface area contributed by atoms with E-state index in [0.717, 1.165) is 31.2 Å². The molecule has 3 rings (SSSR count). The minimum atomic E-state index is -0.262. The van der Waals surface area contributed by atoms with Crippen molar-refractivity contribution in [2.24, 2.45) is 11.8 Å². The zero-order chi connectivity index (χ0) is 13.4. The van der Waals surface area contributed by atoms with Gasteiger partial charge < -0.3 is 15.4 Å². The minimum Gasteiger partial charge on any atom is -0.393 e. The minimum absolute atomic E-state index is 0.262. The summed E-state index contributed by atoms with van der Waals surface area (Å²) in [5, 5.41) is 9.68. The van der Waals surface area contributed by atoms with Gasteiger partial charge in [-0.25, -0.2) is 15.8 Å². The highest BCUT2D eigenvalue weighted by Gasteiger charge is 2.30. The van der Waals surface area contributed by atoms with Gasteiger partial charge in [-0.2, -0.15) is 0 Å². The number of hydrogen-bond acceptors (Lipinski definition) is 6. The Hall–Kier alpha value is -1.40. The van der Waals surface area contributed by atoms with E-state index in [0.29, 0.717) is 17.7 Å². The van der Waals surface area contributed by atoms with E-state index in [-0.39, 0.29) is 6.10 Å². The van der Waals surface area contributed by atoms with E-state index in [1.54, 1.807) is 0 Å². The molecule has 2 fully saturated rings. The first-order chi connectivity index (χ1) is 9.17. The number of hydrazine groups is 1. The summed E-state index contributed by atoms with van der Waals surface area (Å²) < 4.78 is 0. The molecule has 0 aromatic carbocycles. The Kier molecular flexibility index (Phi) is 3.28. The summed E-state index contributed by atoms with van der Waals surface area (Å²) in [4.78, 5) is 11.3. The predicted octanol–water partition coefficient (Wildman–Crippen LogP) is 0.847. The van der Waals surface area contributed by atoms with Crippen LogP contribution in [0.1, 0.15) is 37.9 Å². The molecule has 19 heavy (non-hydrogen) atoms. The third-order valence-corrected chi connectivity index (χ3v) is 4.05. The number of aliphatic hydroxyl groups is 1. The van der Waals surface area contributed by atoms with Crippen LogP contribution in [0.25, 0.3) is 0 Å². The van der Waals surface area contributed by atoms with Gasteiger partial charge in [0.05, 0.1) is 6.10 Å². The molecule has 4 N–H and O–H groups in total. The molecule has 1 aromatic heterocycles. The lowest BCUT2D eigenvalue weighted by Crippen LogP contribution is -2.25. The molecule has 104 valence electrons. The first kappa shape index (κ1) is 12.6. The predicted molar refractivity (Wildman–Crippen MR) is 73.8 cm³/mol. The molecular weight excluding hydrogens is 242 g/mol. The molecule has 1 aliphatic heterocycles. The quantitative estimate of drug-likeness (QED) is 0.551. The molecule has 1 saturated heterocycles. The number of aliphatic hydroxyl groups excluding tert-OH is 1. The molecule has 6 heteroatoms. The van der Waals surface area contributed by atoms with E-state index in [9.17, 15) is 5.11 Å². The molecule has 6 nitrogen and oxygen atoms in total. The van der Waals surface area contributed by atoms with Crippen LogP contribution in [-0.4, -0.2) is 34.3 Å². The van der Waals surface area contributed by atoms with Gasteiger partial charge in [0.25, 0.3) is 0 Å². The third kappa shape index (κ3) is 2.64. The van der Waals surface area contributed by atoms with E-state index < -0.39 is 0 Å². The van der Waals surface area contributed by atoms with Crippen LogP contribution in [0.3, 0.4) is 0 Å². The van der Waals surface area contributed by atoms with E-state index in [4.69, 9.17) is 5.84 Å². The Bertz CT molecular complexity index is 460. The van der Waals surface area contributed by atoms with E-state index >= 15 is 0 Å². The molecule has 0 bridgehead atoms. The van der Waals surface area contributed by atoms with Gasteiger partial charge in [-0.15, -0.1) is 0 Å². The summed E-state index contributed by atoms with van der Waals surface area (Å²) in [7, 11) is 0. The molecule has 0 radical (unpaired) electrons. The number of nitrogen functional groups attached to an aromatic ring is 1. The van der Waals surface area contributed by atoms with Crippen LogP contribution in [0.15, 0.2) is 6.07 Å². The standard InChI is InChI=1S/C13H21N5O/c1-8(19)10-4-5-18(7-10)12-6-11(17-14)15-13(16-12)9-2-3-9/h6,8-10,19H,2-5,7,14H2,1H3,(H,15,16,17). The first-order valence-corrected chi connectivity index (χ1v) is 6.96. The van der Waals surface area contributed by atoms with Crippen LogP contribution in [0.5, 0.6) is 0 Å². The lowest BCUT2D eigenvalue weighted by Gasteiger charge is -2.19. The lowest BCUT2D eigenvalue weighted by atomic mass is 10.0. The highest BCUT2D eigenvalue weighted by atomic mass is 16.3. The van der Waals surface area contributed by atoms with E-state index in [1.807, 2.05) is 13.0 Å². The number of nitrogens with two attached hydrogens (primary N) is 1. The van der Waals surface area contributed by atoms with Crippen molar-refractivity contribution in [3.63, 3.8) is 0 Å². The van der Waals surface area contributed by atoms with Crippen molar-refractivity contribution in [3.8, 4) is 0 Å². The molecule has 1 aromatic rings. The van der Waals surface area contributed by atoms with Gasteiger partial charge in [0.1, 0.15) is 17.5 Å². The number of nitrogens with one attached hydrogen (secondary N) is 1. The van der Waals surface area contributed by atoms with Gasteiger partial charge in [0, 0.05) is 31.0 Å². The Balaban J connectivity index is 1.82. The maximum atomic E-state index is 9.68. The van der Waals surface area contributed by atoms with E-state index in [1.165, 1.54) is 12.8 Å². The highest BCUT2D eigenvalue weighted by molar-refractivity contribution is 5.50. The number of rotatable bonds is 4. The monoisotopic (exact) mass is 263 g/mol. The van der Waals surface area contributed by atoms with Crippen molar-refractivity contribution in [1.29, 1.82) is 0 Å². The Morgan fingerprint density at radius 1 is 1.42 bits per heavy atom. The molecule has 2 atom stereocenters. The molecule has 2 aliphatic rings. The van der Waals surface area contributed by atoms with Crippen LogP contribution in [0.4, 0.5) is 11.6 Å². The van der Waals surface area contributed by atoms with Gasteiger partial charge in [0.2, 0.25) is 0 Å². The van der Waals surface area contributed by atoms with Gasteiger partial charge in [0.15, 0.2) is 0 Å². The van der Waals surface area contributed by atoms with Crippen molar-refractivity contribution in [2.45, 2.75) is 38.2 Å². The molecule has 2 heterocycles. The molecule has 2 unspecified atom stereocenters. The first-order valence-electron chi connectivity index (χ1n) is 6.96. The second kappa shape index (κ2) is 4.94. The van der Waals surface area contributed by atoms with Gasteiger partial charge in [-0.3, -0.25) is 0 Å². The average molecular weight is 263 g/mol. The second-order valence-electron chi connectivity index (χ2n) is 5.62. The summed E-state index contributed by atoms with van der Waals surface area (Å²) in [5.74, 6) is 8.81. The molecular formula is C13H21N5O. The zero-order valence-electron chi connectivity index (χ0n) is 11.2. The third-order valence-electron chi connectivity index (χ3n) is 4.05. The number of hydrogen-bond donors (Lipinski definition) is 3. The largest absolute Gasteiger partial charge is 0.393 e. The molecule has 1 aliphatic carbocycles. The van der Waals surface area contributed by atoms with Crippen molar-refractivity contribution >= 4 is 11.6 Å². The molecule has 0 amide bonds. The maximum Gasteiger partial charge on any atom is 0.145 e. The van der Waals surface area contributed by atoms with Crippen molar-refractivity contribution in [3.05, 3.63) is 11.9 Å². The Morgan fingerprint density at radius 2 is 2.21 bits per heavy atom. The van der Waals surface area contributed by atoms with E-state index in [2.05, 4.69) is 20.3 Å². The van der Waals surface area contributed by atoms with Crippen molar-refractivity contribution in [2.75, 3.05) is 23.4 Å². The summed E-state index contributed by atoms with van der Waals surface area (Å²) in [6.07, 6.45) is 3.08. The van der Waals surface area contributed by atoms with Gasteiger partial charge in [-0.1, -0.05) is 0 Å². The average Bonchev–Trinajstić information content (AvgIpc) is 3.14. The summed E-state index contributed by atoms with van der Waals surface area (Å²) in [5.41, 5.74) is 2.62.